The fraction of sp³-hybridized carbons (Fsp3) is 0.625. The summed E-state index contributed by atoms with van der Waals surface area (Å²) in [4.78, 5) is 2.26. The van der Waals surface area contributed by atoms with Crippen LogP contribution >= 0.6 is 0 Å². The van der Waals surface area contributed by atoms with Crippen molar-refractivity contribution in [1.29, 1.82) is 0 Å². The zero-order chi connectivity index (χ0) is 14.1. The van der Waals surface area contributed by atoms with Gasteiger partial charge in [-0.25, -0.2) is 4.39 Å². The van der Waals surface area contributed by atoms with Crippen LogP contribution in [0, 0.1) is 5.82 Å². The highest BCUT2D eigenvalue weighted by atomic mass is 19.1. The minimum atomic E-state index is -0.109. The SMILES string of the molecule is C[C@@H]1CN(c2cccc(F)c2CNC2CC2)C[C@H](C)O1. The van der Waals surface area contributed by atoms with Crippen LogP contribution in [0.1, 0.15) is 32.3 Å². The second-order valence-electron chi connectivity index (χ2n) is 6.05. The minimum absolute atomic E-state index is 0.109. The summed E-state index contributed by atoms with van der Waals surface area (Å²) >= 11 is 0. The van der Waals surface area contributed by atoms with E-state index in [4.69, 9.17) is 4.74 Å². The number of halogens is 1. The summed E-state index contributed by atoms with van der Waals surface area (Å²) in [5, 5.41) is 3.42. The summed E-state index contributed by atoms with van der Waals surface area (Å²) in [5.74, 6) is -0.109. The Morgan fingerprint density at radius 2 is 1.95 bits per heavy atom. The first-order valence-electron chi connectivity index (χ1n) is 7.54. The molecule has 1 N–H and O–H groups in total. The van der Waals surface area contributed by atoms with Gasteiger partial charge in [-0.2, -0.15) is 0 Å². The number of hydrogen-bond acceptors (Lipinski definition) is 3. The Bertz CT molecular complexity index is 466. The van der Waals surface area contributed by atoms with Crippen molar-refractivity contribution < 1.29 is 9.13 Å². The lowest BCUT2D eigenvalue weighted by molar-refractivity contribution is -0.00528. The first kappa shape index (κ1) is 13.8. The van der Waals surface area contributed by atoms with Gasteiger partial charge in [0.25, 0.3) is 0 Å². The molecular formula is C16H23FN2O. The fourth-order valence-corrected chi connectivity index (χ4v) is 2.93. The van der Waals surface area contributed by atoms with Gasteiger partial charge in [0.15, 0.2) is 0 Å². The van der Waals surface area contributed by atoms with E-state index < -0.39 is 0 Å². The van der Waals surface area contributed by atoms with E-state index in [1.54, 1.807) is 12.1 Å². The molecule has 4 heteroatoms. The molecule has 0 unspecified atom stereocenters. The van der Waals surface area contributed by atoms with Crippen LogP contribution in [0.3, 0.4) is 0 Å². The van der Waals surface area contributed by atoms with Gasteiger partial charge in [-0.05, 0) is 38.8 Å². The van der Waals surface area contributed by atoms with Gasteiger partial charge in [0.05, 0.1) is 12.2 Å². The number of ether oxygens (including phenoxy) is 1. The molecule has 0 radical (unpaired) electrons. The number of benzene rings is 1. The maximum absolute atomic E-state index is 14.2. The Hall–Kier alpha value is -1.13. The molecule has 3 nitrogen and oxygen atoms in total. The summed E-state index contributed by atoms with van der Waals surface area (Å²) in [5.41, 5.74) is 1.81. The predicted octanol–water partition coefficient (Wildman–Crippen LogP) is 2.69. The summed E-state index contributed by atoms with van der Waals surface area (Å²) < 4.78 is 19.9. The van der Waals surface area contributed by atoms with Crippen LogP contribution in [0.4, 0.5) is 10.1 Å². The summed E-state index contributed by atoms with van der Waals surface area (Å²) in [6, 6.07) is 5.97. The predicted molar refractivity (Wildman–Crippen MR) is 78.5 cm³/mol. The number of nitrogens with one attached hydrogen (secondary N) is 1. The second kappa shape index (κ2) is 5.70. The Kier molecular flexibility index (Phi) is 3.94. The summed E-state index contributed by atoms with van der Waals surface area (Å²) in [6.45, 7) is 6.41. The van der Waals surface area contributed by atoms with E-state index in [2.05, 4.69) is 24.1 Å². The van der Waals surface area contributed by atoms with E-state index in [0.717, 1.165) is 24.3 Å². The number of hydrogen-bond donors (Lipinski definition) is 1. The van der Waals surface area contributed by atoms with Crippen molar-refractivity contribution in [3.63, 3.8) is 0 Å². The lowest BCUT2D eigenvalue weighted by atomic mass is 10.1. The molecule has 3 rings (SSSR count). The third-order valence-corrected chi connectivity index (χ3v) is 4.00. The molecule has 0 spiro atoms. The second-order valence-corrected chi connectivity index (χ2v) is 6.05. The molecule has 2 fully saturated rings. The van der Waals surface area contributed by atoms with Crippen LogP contribution in [0.25, 0.3) is 0 Å². The van der Waals surface area contributed by atoms with Crippen LogP contribution in [0.5, 0.6) is 0 Å². The van der Waals surface area contributed by atoms with Crippen molar-refractivity contribution in [3.05, 3.63) is 29.6 Å². The van der Waals surface area contributed by atoms with Gasteiger partial charge in [-0.1, -0.05) is 6.07 Å². The highest BCUT2D eigenvalue weighted by Crippen LogP contribution is 2.28. The van der Waals surface area contributed by atoms with Crippen molar-refractivity contribution in [2.45, 2.75) is 51.5 Å². The first-order valence-corrected chi connectivity index (χ1v) is 7.54. The van der Waals surface area contributed by atoms with Gasteiger partial charge in [0, 0.05) is 36.9 Å². The highest BCUT2D eigenvalue weighted by molar-refractivity contribution is 5.54. The van der Waals surface area contributed by atoms with Gasteiger partial charge < -0.3 is 15.0 Å². The molecule has 1 heterocycles. The zero-order valence-electron chi connectivity index (χ0n) is 12.2. The molecule has 20 heavy (non-hydrogen) atoms. The van der Waals surface area contributed by atoms with E-state index in [0.29, 0.717) is 12.6 Å². The van der Waals surface area contributed by atoms with Gasteiger partial charge in [0.1, 0.15) is 5.82 Å². The smallest absolute Gasteiger partial charge is 0.129 e. The first-order chi connectivity index (χ1) is 9.63. The van der Waals surface area contributed by atoms with Crippen LogP contribution in [-0.2, 0) is 11.3 Å². The Morgan fingerprint density at radius 1 is 1.25 bits per heavy atom. The van der Waals surface area contributed by atoms with E-state index in [9.17, 15) is 4.39 Å². The fourth-order valence-electron chi connectivity index (χ4n) is 2.93. The van der Waals surface area contributed by atoms with Crippen LogP contribution < -0.4 is 10.2 Å². The molecule has 2 atom stereocenters. The van der Waals surface area contributed by atoms with Crippen LogP contribution in [0.2, 0.25) is 0 Å². The molecular weight excluding hydrogens is 255 g/mol. The molecule has 1 aliphatic carbocycles. The lowest BCUT2D eigenvalue weighted by Gasteiger charge is -2.38. The average Bonchev–Trinajstić information content (AvgIpc) is 3.20. The number of anilines is 1. The van der Waals surface area contributed by atoms with Gasteiger partial charge in [0.2, 0.25) is 0 Å². The van der Waals surface area contributed by atoms with Crippen LogP contribution in [-0.4, -0.2) is 31.3 Å². The van der Waals surface area contributed by atoms with Gasteiger partial charge in [-0.15, -0.1) is 0 Å². The third-order valence-electron chi connectivity index (χ3n) is 4.00. The normalized spacial score (nSPS) is 26.9. The monoisotopic (exact) mass is 278 g/mol. The topological polar surface area (TPSA) is 24.5 Å². The Morgan fingerprint density at radius 3 is 2.60 bits per heavy atom. The van der Waals surface area contributed by atoms with E-state index in [-0.39, 0.29) is 18.0 Å². The number of morpholine rings is 1. The average molecular weight is 278 g/mol. The van der Waals surface area contributed by atoms with E-state index in [1.165, 1.54) is 12.8 Å². The maximum atomic E-state index is 14.2. The highest BCUT2D eigenvalue weighted by Gasteiger charge is 2.26. The summed E-state index contributed by atoms with van der Waals surface area (Å²) in [7, 11) is 0. The van der Waals surface area contributed by atoms with Crippen molar-refractivity contribution in [2.24, 2.45) is 0 Å². The quantitative estimate of drug-likeness (QED) is 0.916. The summed E-state index contributed by atoms with van der Waals surface area (Å²) in [6.07, 6.45) is 2.81. The van der Waals surface area contributed by atoms with Crippen molar-refractivity contribution in [1.82, 2.24) is 5.32 Å². The molecule has 0 aromatic heterocycles. The molecule has 2 aliphatic rings. The van der Waals surface area contributed by atoms with Crippen molar-refractivity contribution in [2.75, 3.05) is 18.0 Å². The Labute approximate surface area is 120 Å². The molecule has 1 aromatic rings. The minimum Gasteiger partial charge on any atom is -0.372 e. The maximum Gasteiger partial charge on any atom is 0.129 e. The Balaban J connectivity index is 1.81. The van der Waals surface area contributed by atoms with Crippen molar-refractivity contribution >= 4 is 5.69 Å². The standard InChI is InChI=1S/C16H23FN2O/c1-11-9-19(10-12(2)20-11)16-5-3-4-15(17)14(16)8-18-13-6-7-13/h3-5,11-13,18H,6-10H2,1-2H3/t11-,12+. The van der Waals surface area contributed by atoms with Gasteiger partial charge >= 0.3 is 0 Å². The molecule has 1 saturated heterocycles. The molecule has 110 valence electrons. The molecule has 1 aliphatic heterocycles. The van der Waals surface area contributed by atoms with E-state index >= 15 is 0 Å². The third kappa shape index (κ3) is 3.13. The number of nitrogens with zero attached hydrogens (tertiary/aromatic N) is 1. The van der Waals surface area contributed by atoms with Crippen LogP contribution in [0.15, 0.2) is 18.2 Å². The molecule has 0 amide bonds. The van der Waals surface area contributed by atoms with E-state index in [1.807, 2.05) is 6.07 Å². The van der Waals surface area contributed by atoms with Gasteiger partial charge in [-0.3, -0.25) is 0 Å². The molecule has 1 saturated carbocycles. The number of rotatable bonds is 4. The molecule has 1 aromatic carbocycles. The lowest BCUT2D eigenvalue weighted by Crippen LogP contribution is -2.46. The largest absolute Gasteiger partial charge is 0.372 e. The molecule has 0 bridgehead atoms. The van der Waals surface area contributed by atoms with Crippen molar-refractivity contribution in [3.8, 4) is 0 Å². The zero-order valence-corrected chi connectivity index (χ0v) is 12.2.